The number of hydrogen-bond acceptors (Lipinski definition) is 2. The zero-order valence-electron chi connectivity index (χ0n) is 11.5. The predicted octanol–water partition coefficient (Wildman–Crippen LogP) is 3.92. The van der Waals surface area contributed by atoms with E-state index >= 15 is 0 Å². The molecule has 0 radical (unpaired) electrons. The monoisotopic (exact) mass is 272 g/mol. The normalized spacial score (nSPS) is 13.2. The van der Waals surface area contributed by atoms with Crippen molar-refractivity contribution in [3.8, 4) is 0 Å². The summed E-state index contributed by atoms with van der Waals surface area (Å²) < 4.78 is 0. The van der Waals surface area contributed by atoms with Gasteiger partial charge in [0.1, 0.15) is 0 Å². The van der Waals surface area contributed by atoms with E-state index in [0.29, 0.717) is 22.3 Å². The molecule has 4 rings (SSSR count). The second-order valence-electron chi connectivity index (χ2n) is 5.42. The minimum atomic E-state index is -0.0661. The standard InChI is InChI=1S/C19H12O2/c1-11-6-7-12-8-9-15-17(16(12)10-11)19(21)14-5-3-2-4-13(14)18(15)20/h2-10H,1H3. The largest absolute Gasteiger partial charge is 0.289 e. The number of ketones is 2. The van der Waals surface area contributed by atoms with Gasteiger partial charge in [-0.1, -0.05) is 54.1 Å². The van der Waals surface area contributed by atoms with Crippen LogP contribution in [0, 0.1) is 6.92 Å². The molecule has 0 unspecified atom stereocenters. The van der Waals surface area contributed by atoms with Crippen LogP contribution in [-0.4, -0.2) is 11.6 Å². The average molecular weight is 272 g/mol. The second kappa shape index (κ2) is 4.13. The van der Waals surface area contributed by atoms with Crippen LogP contribution in [-0.2, 0) is 0 Å². The van der Waals surface area contributed by atoms with Gasteiger partial charge < -0.3 is 0 Å². The molecular formula is C19H12O2. The molecule has 1 aliphatic rings. The molecule has 0 aromatic heterocycles. The number of carbonyl (C=O) groups excluding carboxylic acids is 2. The highest BCUT2D eigenvalue weighted by atomic mass is 16.1. The van der Waals surface area contributed by atoms with E-state index in [1.54, 1.807) is 30.3 Å². The van der Waals surface area contributed by atoms with Crippen LogP contribution in [0.2, 0.25) is 0 Å². The molecule has 2 nitrogen and oxygen atoms in total. The molecule has 0 fully saturated rings. The van der Waals surface area contributed by atoms with Crippen molar-refractivity contribution in [2.45, 2.75) is 6.92 Å². The van der Waals surface area contributed by atoms with Crippen LogP contribution in [0.3, 0.4) is 0 Å². The summed E-state index contributed by atoms with van der Waals surface area (Å²) in [5.41, 5.74) is 3.14. The maximum Gasteiger partial charge on any atom is 0.195 e. The molecule has 1 aliphatic carbocycles. The first-order chi connectivity index (χ1) is 10.2. The highest BCUT2D eigenvalue weighted by Crippen LogP contribution is 2.32. The first-order valence-electron chi connectivity index (χ1n) is 6.88. The van der Waals surface area contributed by atoms with Gasteiger partial charge in [0.2, 0.25) is 0 Å². The molecular weight excluding hydrogens is 260 g/mol. The average Bonchev–Trinajstić information content (AvgIpc) is 2.51. The Hall–Kier alpha value is -2.74. The van der Waals surface area contributed by atoms with Gasteiger partial charge in [-0.05, 0) is 23.8 Å². The smallest absolute Gasteiger partial charge is 0.195 e. The molecule has 3 aromatic carbocycles. The summed E-state index contributed by atoms with van der Waals surface area (Å²) in [7, 11) is 0. The summed E-state index contributed by atoms with van der Waals surface area (Å²) in [4.78, 5) is 25.5. The van der Waals surface area contributed by atoms with Gasteiger partial charge in [0, 0.05) is 22.3 Å². The van der Waals surface area contributed by atoms with Crippen molar-refractivity contribution in [1.82, 2.24) is 0 Å². The van der Waals surface area contributed by atoms with Crippen LogP contribution in [0.5, 0.6) is 0 Å². The Morgan fingerprint density at radius 3 is 2.14 bits per heavy atom. The van der Waals surface area contributed by atoms with E-state index in [1.165, 1.54) is 0 Å². The predicted molar refractivity (Wildman–Crippen MR) is 82.0 cm³/mol. The SMILES string of the molecule is Cc1ccc2ccc3c(c2c1)C(=O)c1ccccc1C3=O. The fourth-order valence-electron chi connectivity index (χ4n) is 3.03. The molecule has 0 aliphatic heterocycles. The summed E-state index contributed by atoms with van der Waals surface area (Å²) in [5.74, 6) is -0.125. The van der Waals surface area contributed by atoms with Crippen molar-refractivity contribution in [3.05, 3.63) is 82.4 Å². The second-order valence-corrected chi connectivity index (χ2v) is 5.42. The van der Waals surface area contributed by atoms with Crippen LogP contribution in [0.25, 0.3) is 10.8 Å². The lowest BCUT2D eigenvalue weighted by Gasteiger charge is -2.19. The van der Waals surface area contributed by atoms with Crippen LogP contribution in [0.4, 0.5) is 0 Å². The third-order valence-electron chi connectivity index (χ3n) is 4.07. The van der Waals surface area contributed by atoms with Crippen molar-refractivity contribution in [2.24, 2.45) is 0 Å². The van der Waals surface area contributed by atoms with Gasteiger partial charge in [-0.3, -0.25) is 9.59 Å². The molecule has 21 heavy (non-hydrogen) atoms. The summed E-state index contributed by atoms with van der Waals surface area (Å²) in [6.07, 6.45) is 0. The number of benzene rings is 3. The number of carbonyl (C=O) groups is 2. The Balaban J connectivity index is 2.13. The highest BCUT2D eigenvalue weighted by Gasteiger charge is 2.30. The van der Waals surface area contributed by atoms with Gasteiger partial charge in [-0.15, -0.1) is 0 Å². The number of aryl methyl sites for hydroxylation is 1. The van der Waals surface area contributed by atoms with Gasteiger partial charge in [-0.25, -0.2) is 0 Å². The molecule has 0 atom stereocenters. The van der Waals surface area contributed by atoms with Crippen molar-refractivity contribution < 1.29 is 9.59 Å². The topological polar surface area (TPSA) is 34.1 Å². The van der Waals surface area contributed by atoms with Gasteiger partial charge in [0.15, 0.2) is 11.6 Å². The lowest BCUT2D eigenvalue weighted by molar-refractivity contribution is 0.0980. The van der Waals surface area contributed by atoms with E-state index in [1.807, 2.05) is 31.2 Å². The van der Waals surface area contributed by atoms with E-state index in [4.69, 9.17) is 0 Å². The molecule has 0 heterocycles. The molecule has 0 saturated carbocycles. The Morgan fingerprint density at radius 1 is 0.714 bits per heavy atom. The minimum Gasteiger partial charge on any atom is -0.289 e. The maximum atomic E-state index is 12.8. The van der Waals surface area contributed by atoms with E-state index in [0.717, 1.165) is 16.3 Å². The van der Waals surface area contributed by atoms with Crippen molar-refractivity contribution in [2.75, 3.05) is 0 Å². The van der Waals surface area contributed by atoms with E-state index < -0.39 is 0 Å². The lowest BCUT2D eigenvalue weighted by Crippen LogP contribution is -2.21. The fourth-order valence-corrected chi connectivity index (χ4v) is 3.03. The van der Waals surface area contributed by atoms with Gasteiger partial charge in [-0.2, -0.15) is 0 Å². The fraction of sp³-hybridized carbons (Fsp3) is 0.0526. The highest BCUT2D eigenvalue weighted by molar-refractivity contribution is 6.32. The van der Waals surface area contributed by atoms with Crippen LogP contribution in [0.15, 0.2) is 54.6 Å². The third-order valence-corrected chi connectivity index (χ3v) is 4.07. The first-order valence-corrected chi connectivity index (χ1v) is 6.88. The molecule has 0 N–H and O–H groups in total. The Kier molecular flexibility index (Phi) is 2.36. The minimum absolute atomic E-state index is 0.0589. The molecule has 0 saturated heterocycles. The van der Waals surface area contributed by atoms with E-state index in [2.05, 4.69) is 0 Å². The van der Waals surface area contributed by atoms with E-state index in [-0.39, 0.29) is 11.6 Å². The van der Waals surface area contributed by atoms with Crippen molar-refractivity contribution >= 4 is 22.3 Å². The molecule has 0 spiro atoms. The van der Waals surface area contributed by atoms with Crippen molar-refractivity contribution in [1.29, 1.82) is 0 Å². The first kappa shape index (κ1) is 12.0. The number of hydrogen-bond donors (Lipinski definition) is 0. The third kappa shape index (κ3) is 1.59. The van der Waals surface area contributed by atoms with Gasteiger partial charge >= 0.3 is 0 Å². The summed E-state index contributed by atoms with van der Waals surface area (Å²) in [5, 5.41) is 1.85. The Morgan fingerprint density at radius 2 is 1.38 bits per heavy atom. The van der Waals surface area contributed by atoms with Crippen molar-refractivity contribution in [3.63, 3.8) is 0 Å². The molecule has 3 aromatic rings. The van der Waals surface area contributed by atoms with E-state index in [9.17, 15) is 9.59 Å². The van der Waals surface area contributed by atoms with Gasteiger partial charge in [0.25, 0.3) is 0 Å². The zero-order chi connectivity index (χ0) is 14.6. The lowest BCUT2D eigenvalue weighted by atomic mass is 9.81. The maximum absolute atomic E-state index is 12.8. The van der Waals surface area contributed by atoms with Crippen LogP contribution >= 0.6 is 0 Å². The Labute approximate surface area is 122 Å². The summed E-state index contributed by atoms with van der Waals surface area (Å²) in [6, 6.07) is 16.7. The molecule has 100 valence electrons. The Bertz CT molecular complexity index is 935. The number of fused-ring (bicyclic) bond motifs is 4. The quantitative estimate of drug-likeness (QED) is 0.486. The molecule has 0 amide bonds. The summed E-state index contributed by atoms with van der Waals surface area (Å²) in [6.45, 7) is 1.99. The molecule has 2 heteroatoms. The summed E-state index contributed by atoms with van der Waals surface area (Å²) >= 11 is 0. The number of rotatable bonds is 0. The zero-order valence-corrected chi connectivity index (χ0v) is 11.5. The van der Waals surface area contributed by atoms with Gasteiger partial charge in [0.05, 0.1) is 0 Å². The van der Waals surface area contributed by atoms with Crippen LogP contribution < -0.4 is 0 Å². The molecule has 0 bridgehead atoms. The van der Waals surface area contributed by atoms with Crippen LogP contribution in [0.1, 0.15) is 37.4 Å².